The lowest BCUT2D eigenvalue weighted by atomic mass is 10.2. The van der Waals surface area contributed by atoms with Gasteiger partial charge in [0.15, 0.2) is 0 Å². The zero-order chi connectivity index (χ0) is 8.97. The van der Waals surface area contributed by atoms with Crippen molar-refractivity contribution in [3.8, 4) is 0 Å². The summed E-state index contributed by atoms with van der Waals surface area (Å²) >= 11 is 5.14. The van der Waals surface area contributed by atoms with Gasteiger partial charge in [-0.3, -0.25) is 4.99 Å². The maximum absolute atomic E-state index is 4.19. The van der Waals surface area contributed by atoms with Crippen LogP contribution in [0.5, 0.6) is 0 Å². The maximum atomic E-state index is 4.19. The van der Waals surface area contributed by atoms with E-state index in [9.17, 15) is 0 Å². The third kappa shape index (κ3) is 2.11. The molecule has 1 aromatic carbocycles. The fourth-order valence-corrected chi connectivity index (χ4v) is 2.14. The third-order valence-electron chi connectivity index (χ3n) is 1.50. The lowest BCUT2D eigenvalue weighted by Crippen LogP contribution is -1.94. The highest BCUT2D eigenvalue weighted by Crippen LogP contribution is 2.20. The standard InChI is InChI=1S/C9H10BrNS/c1-11-9(12-2)7-5-3-4-6-8(7)10/h3-6H,1-2H3. The second kappa shape index (κ2) is 4.67. The Morgan fingerprint density at radius 1 is 1.42 bits per heavy atom. The monoisotopic (exact) mass is 243 g/mol. The molecule has 0 aromatic heterocycles. The Balaban J connectivity index is 3.10. The normalized spacial score (nSPS) is 11.8. The molecule has 0 heterocycles. The zero-order valence-electron chi connectivity index (χ0n) is 7.04. The lowest BCUT2D eigenvalue weighted by Gasteiger charge is -2.03. The van der Waals surface area contributed by atoms with Crippen molar-refractivity contribution >= 4 is 32.7 Å². The molecule has 0 saturated carbocycles. The van der Waals surface area contributed by atoms with E-state index in [0.717, 1.165) is 15.1 Å². The van der Waals surface area contributed by atoms with Crippen LogP contribution in [0.15, 0.2) is 33.7 Å². The second-order valence-electron chi connectivity index (χ2n) is 2.21. The molecule has 0 atom stereocenters. The minimum absolute atomic E-state index is 1.06. The molecule has 0 amide bonds. The molecule has 0 aliphatic rings. The highest BCUT2D eigenvalue weighted by atomic mass is 79.9. The Labute approximate surface area is 85.4 Å². The molecular formula is C9H10BrNS. The zero-order valence-corrected chi connectivity index (χ0v) is 9.45. The van der Waals surface area contributed by atoms with E-state index in [2.05, 4.69) is 27.0 Å². The first-order valence-corrected chi connectivity index (χ1v) is 5.57. The molecule has 0 fully saturated rings. The van der Waals surface area contributed by atoms with E-state index in [1.807, 2.05) is 31.5 Å². The molecule has 0 bridgehead atoms. The molecule has 0 unspecified atom stereocenters. The summed E-state index contributed by atoms with van der Waals surface area (Å²) in [6.07, 6.45) is 2.03. The van der Waals surface area contributed by atoms with Gasteiger partial charge in [-0.05, 0) is 12.3 Å². The van der Waals surface area contributed by atoms with Crippen LogP contribution in [0.3, 0.4) is 0 Å². The number of rotatable bonds is 1. The van der Waals surface area contributed by atoms with E-state index in [0.29, 0.717) is 0 Å². The van der Waals surface area contributed by atoms with E-state index < -0.39 is 0 Å². The van der Waals surface area contributed by atoms with Crippen molar-refractivity contribution in [2.45, 2.75) is 0 Å². The van der Waals surface area contributed by atoms with E-state index in [1.54, 1.807) is 11.8 Å². The van der Waals surface area contributed by atoms with Gasteiger partial charge in [-0.2, -0.15) is 0 Å². The molecule has 0 aliphatic carbocycles. The Bertz CT molecular complexity index is 296. The van der Waals surface area contributed by atoms with Crippen LogP contribution >= 0.6 is 27.7 Å². The highest BCUT2D eigenvalue weighted by molar-refractivity contribution is 9.10. The van der Waals surface area contributed by atoms with Gasteiger partial charge in [0.2, 0.25) is 0 Å². The molecule has 12 heavy (non-hydrogen) atoms. The first-order chi connectivity index (χ1) is 5.79. The molecular weight excluding hydrogens is 234 g/mol. The number of aliphatic imine (C=N–C) groups is 1. The van der Waals surface area contributed by atoms with Crippen molar-refractivity contribution in [3.05, 3.63) is 34.3 Å². The van der Waals surface area contributed by atoms with Crippen molar-refractivity contribution in [2.24, 2.45) is 4.99 Å². The van der Waals surface area contributed by atoms with Crippen LogP contribution in [0.25, 0.3) is 0 Å². The quantitative estimate of drug-likeness (QED) is 0.546. The van der Waals surface area contributed by atoms with Crippen LogP contribution in [0, 0.1) is 0 Å². The van der Waals surface area contributed by atoms with Crippen LogP contribution in [0.4, 0.5) is 0 Å². The Morgan fingerprint density at radius 2 is 2.08 bits per heavy atom. The molecule has 1 aromatic rings. The van der Waals surface area contributed by atoms with Gasteiger partial charge in [0.05, 0.1) is 5.04 Å². The molecule has 1 nitrogen and oxygen atoms in total. The van der Waals surface area contributed by atoms with E-state index >= 15 is 0 Å². The van der Waals surface area contributed by atoms with Crippen molar-refractivity contribution < 1.29 is 0 Å². The largest absolute Gasteiger partial charge is 0.281 e. The Kier molecular flexibility index (Phi) is 3.82. The van der Waals surface area contributed by atoms with E-state index in [4.69, 9.17) is 0 Å². The molecule has 0 radical (unpaired) electrons. The minimum atomic E-state index is 1.06. The van der Waals surface area contributed by atoms with E-state index in [-0.39, 0.29) is 0 Å². The fraction of sp³-hybridized carbons (Fsp3) is 0.222. The molecule has 3 heteroatoms. The number of hydrogen-bond donors (Lipinski definition) is 0. The number of halogens is 1. The smallest absolute Gasteiger partial charge is 0.0982 e. The van der Waals surface area contributed by atoms with Crippen molar-refractivity contribution in [3.63, 3.8) is 0 Å². The maximum Gasteiger partial charge on any atom is 0.0982 e. The number of nitrogens with zero attached hydrogens (tertiary/aromatic N) is 1. The predicted molar refractivity (Wildman–Crippen MR) is 60.1 cm³/mol. The SMILES string of the molecule is CN=C(SC)c1ccccc1Br. The van der Waals surface area contributed by atoms with Crippen LogP contribution in [-0.2, 0) is 0 Å². The topological polar surface area (TPSA) is 12.4 Å². The molecule has 64 valence electrons. The van der Waals surface area contributed by atoms with Gasteiger partial charge in [0, 0.05) is 17.1 Å². The number of thioether (sulfide) groups is 1. The van der Waals surface area contributed by atoms with Crippen molar-refractivity contribution in [1.29, 1.82) is 0 Å². The summed E-state index contributed by atoms with van der Waals surface area (Å²) in [6, 6.07) is 8.10. The van der Waals surface area contributed by atoms with Crippen molar-refractivity contribution in [1.82, 2.24) is 0 Å². The van der Waals surface area contributed by atoms with Crippen molar-refractivity contribution in [2.75, 3.05) is 13.3 Å². The molecule has 0 spiro atoms. The molecule has 1 rings (SSSR count). The molecule has 0 N–H and O–H groups in total. The summed E-state index contributed by atoms with van der Waals surface area (Å²) in [5.41, 5.74) is 1.16. The van der Waals surface area contributed by atoms with Crippen LogP contribution in [0.2, 0.25) is 0 Å². The first kappa shape index (κ1) is 9.81. The van der Waals surface area contributed by atoms with Crippen LogP contribution in [0.1, 0.15) is 5.56 Å². The fourth-order valence-electron chi connectivity index (χ4n) is 0.956. The van der Waals surface area contributed by atoms with E-state index in [1.165, 1.54) is 0 Å². The Hall–Kier alpha value is -0.280. The average molecular weight is 244 g/mol. The van der Waals surface area contributed by atoms with Gasteiger partial charge >= 0.3 is 0 Å². The van der Waals surface area contributed by atoms with Gasteiger partial charge in [-0.25, -0.2) is 0 Å². The first-order valence-electron chi connectivity index (χ1n) is 3.55. The van der Waals surface area contributed by atoms with Gasteiger partial charge < -0.3 is 0 Å². The number of benzene rings is 1. The minimum Gasteiger partial charge on any atom is -0.281 e. The van der Waals surface area contributed by atoms with Crippen LogP contribution in [-0.4, -0.2) is 18.3 Å². The molecule has 0 aliphatic heterocycles. The predicted octanol–water partition coefficient (Wildman–Crippen LogP) is 3.19. The summed E-state index contributed by atoms with van der Waals surface area (Å²) in [4.78, 5) is 4.19. The third-order valence-corrected chi connectivity index (χ3v) is 2.98. The summed E-state index contributed by atoms with van der Waals surface area (Å²) in [6.45, 7) is 0. The van der Waals surface area contributed by atoms with Gasteiger partial charge in [-0.1, -0.05) is 34.1 Å². The summed E-state index contributed by atoms with van der Waals surface area (Å²) in [5.74, 6) is 0. The average Bonchev–Trinajstić information content (AvgIpc) is 2.10. The second-order valence-corrected chi connectivity index (χ2v) is 3.86. The molecule has 0 saturated heterocycles. The van der Waals surface area contributed by atoms with Gasteiger partial charge in [0.1, 0.15) is 0 Å². The van der Waals surface area contributed by atoms with Crippen LogP contribution < -0.4 is 0 Å². The van der Waals surface area contributed by atoms with Gasteiger partial charge in [-0.15, -0.1) is 11.8 Å². The summed E-state index contributed by atoms with van der Waals surface area (Å²) in [5, 5.41) is 1.06. The lowest BCUT2D eigenvalue weighted by molar-refractivity contribution is 1.45. The van der Waals surface area contributed by atoms with Gasteiger partial charge in [0.25, 0.3) is 0 Å². The summed E-state index contributed by atoms with van der Waals surface area (Å²) in [7, 11) is 1.81. The highest BCUT2D eigenvalue weighted by Gasteiger charge is 2.03. The Morgan fingerprint density at radius 3 is 2.58 bits per heavy atom. The number of hydrogen-bond acceptors (Lipinski definition) is 2. The summed E-state index contributed by atoms with van der Waals surface area (Å²) < 4.78 is 1.10.